The monoisotopic (exact) mass is 274 g/mol. The molecule has 1 atom stereocenters. The van der Waals surface area contributed by atoms with Crippen LogP contribution in [0.1, 0.15) is 46.0 Å². The van der Waals surface area contributed by atoms with Gasteiger partial charge in [-0.05, 0) is 44.1 Å². The van der Waals surface area contributed by atoms with E-state index in [0.29, 0.717) is 11.3 Å². The van der Waals surface area contributed by atoms with Crippen molar-refractivity contribution in [1.82, 2.24) is 10.2 Å². The van der Waals surface area contributed by atoms with Gasteiger partial charge in [-0.3, -0.25) is 4.79 Å². The molecular formula is C14H27ClN2O. The number of likely N-dealkylation sites (tertiary alicyclic amines) is 1. The van der Waals surface area contributed by atoms with Crippen LogP contribution in [0.4, 0.5) is 0 Å². The van der Waals surface area contributed by atoms with Crippen molar-refractivity contribution in [1.29, 1.82) is 0 Å². The van der Waals surface area contributed by atoms with Crippen molar-refractivity contribution in [3.63, 3.8) is 0 Å². The molecule has 2 saturated heterocycles. The van der Waals surface area contributed by atoms with Gasteiger partial charge in [-0.25, -0.2) is 0 Å². The Labute approximate surface area is 117 Å². The van der Waals surface area contributed by atoms with Crippen molar-refractivity contribution < 1.29 is 4.79 Å². The molecular weight excluding hydrogens is 248 g/mol. The third-order valence-electron chi connectivity index (χ3n) is 4.90. The number of halogens is 1. The van der Waals surface area contributed by atoms with E-state index in [2.05, 4.69) is 24.1 Å². The average Bonchev–Trinajstić information content (AvgIpc) is 2.84. The highest BCUT2D eigenvalue weighted by Gasteiger charge is 2.38. The molecule has 0 aromatic heterocycles. The predicted octanol–water partition coefficient (Wildman–Crippen LogP) is 2.45. The van der Waals surface area contributed by atoms with Gasteiger partial charge < -0.3 is 10.2 Å². The number of hydrogen-bond acceptors (Lipinski definition) is 2. The second-order valence-electron chi connectivity index (χ2n) is 5.76. The Morgan fingerprint density at radius 2 is 2.11 bits per heavy atom. The molecule has 1 amide bonds. The molecule has 3 nitrogen and oxygen atoms in total. The predicted molar refractivity (Wildman–Crippen MR) is 77.1 cm³/mol. The maximum atomic E-state index is 12.4. The summed E-state index contributed by atoms with van der Waals surface area (Å²) in [6, 6.07) is 0. The zero-order chi connectivity index (χ0) is 12.3. The lowest BCUT2D eigenvalue weighted by molar-refractivity contribution is -0.135. The zero-order valence-electron chi connectivity index (χ0n) is 11.7. The number of amides is 1. The summed E-state index contributed by atoms with van der Waals surface area (Å²) in [6.07, 6.45) is 5.84. The maximum absolute atomic E-state index is 12.4. The number of nitrogens with zero attached hydrogens (tertiary/aromatic N) is 1. The molecule has 0 aromatic carbocycles. The van der Waals surface area contributed by atoms with E-state index in [1.807, 2.05) is 0 Å². The van der Waals surface area contributed by atoms with Gasteiger partial charge in [0.15, 0.2) is 0 Å². The Morgan fingerprint density at radius 1 is 1.39 bits per heavy atom. The van der Waals surface area contributed by atoms with Crippen LogP contribution in [-0.4, -0.2) is 37.0 Å². The fraction of sp³-hybridized carbons (Fsp3) is 0.929. The van der Waals surface area contributed by atoms with Crippen molar-refractivity contribution in [2.24, 2.45) is 11.3 Å². The lowest BCUT2D eigenvalue weighted by Gasteiger charge is -2.29. The van der Waals surface area contributed by atoms with E-state index in [0.717, 1.165) is 39.0 Å². The third kappa shape index (κ3) is 3.18. The Hall–Kier alpha value is -0.280. The van der Waals surface area contributed by atoms with E-state index in [1.165, 1.54) is 19.3 Å². The SMILES string of the molecule is CCC1(CC)CCN(C(=O)C2CCCNC2)C1.Cl. The third-order valence-corrected chi connectivity index (χ3v) is 4.90. The van der Waals surface area contributed by atoms with Gasteiger partial charge in [0.05, 0.1) is 5.92 Å². The zero-order valence-corrected chi connectivity index (χ0v) is 12.5. The number of carbonyl (C=O) groups is 1. The van der Waals surface area contributed by atoms with E-state index in [9.17, 15) is 4.79 Å². The molecule has 0 aromatic rings. The Kier molecular flexibility index (Phi) is 5.93. The van der Waals surface area contributed by atoms with Crippen LogP contribution >= 0.6 is 12.4 Å². The first-order valence-corrected chi connectivity index (χ1v) is 7.20. The molecule has 1 unspecified atom stereocenters. The van der Waals surface area contributed by atoms with E-state index in [-0.39, 0.29) is 18.3 Å². The van der Waals surface area contributed by atoms with Crippen LogP contribution in [0.25, 0.3) is 0 Å². The van der Waals surface area contributed by atoms with Crippen molar-refractivity contribution in [2.75, 3.05) is 26.2 Å². The minimum absolute atomic E-state index is 0. The van der Waals surface area contributed by atoms with Gasteiger partial charge in [0.2, 0.25) is 5.91 Å². The van der Waals surface area contributed by atoms with Crippen molar-refractivity contribution in [3.8, 4) is 0 Å². The van der Waals surface area contributed by atoms with Gasteiger partial charge in [-0.15, -0.1) is 12.4 Å². The minimum Gasteiger partial charge on any atom is -0.342 e. The highest BCUT2D eigenvalue weighted by atomic mass is 35.5. The first-order valence-electron chi connectivity index (χ1n) is 7.20. The average molecular weight is 275 g/mol. The smallest absolute Gasteiger partial charge is 0.226 e. The molecule has 2 aliphatic rings. The summed E-state index contributed by atoms with van der Waals surface area (Å²) in [4.78, 5) is 14.5. The number of rotatable bonds is 3. The van der Waals surface area contributed by atoms with Crippen molar-refractivity contribution >= 4 is 18.3 Å². The summed E-state index contributed by atoms with van der Waals surface area (Å²) in [5, 5.41) is 3.34. The van der Waals surface area contributed by atoms with E-state index < -0.39 is 0 Å². The topological polar surface area (TPSA) is 32.3 Å². The quantitative estimate of drug-likeness (QED) is 0.857. The van der Waals surface area contributed by atoms with E-state index in [4.69, 9.17) is 0 Å². The molecule has 2 fully saturated rings. The molecule has 106 valence electrons. The second kappa shape index (κ2) is 6.76. The lowest BCUT2D eigenvalue weighted by Crippen LogP contribution is -2.42. The van der Waals surface area contributed by atoms with E-state index >= 15 is 0 Å². The first kappa shape index (κ1) is 15.8. The van der Waals surface area contributed by atoms with Crippen LogP contribution in [0.15, 0.2) is 0 Å². The summed E-state index contributed by atoms with van der Waals surface area (Å²) in [7, 11) is 0. The van der Waals surface area contributed by atoms with Gasteiger partial charge in [0, 0.05) is 19.6 Å². The first-order chi connectivity index (χ1) is 8.21. The Balaban J connectivity index is 0.00000162. The van der Waals surface area contributed by atoms with Crippen LogP contribution in [0.5, 0.6) is 0 Å². The number of nitrogens with one attached hydrogen (secondary N) is 1. The molecule has 0 spiro atoms. The number of hydrogen-bond donors (Lipinski definition) is 1. The maximum Gasteiger partial charge on any atom is 0.226 e. The fourth-order valence-electron chi connectivity index (χ4n) is 3.27. The van der Waals surface area contributed by atoms with Crippen LogP contribution in [0.3, 0.4) is 0 Å². The van der Waals surface area contributed by atoms with Crippen molar-refractivity contribution in [2.45, 2.75) is 46.0 Å². The molecule has 2 rings (SSSR count). The number of piperidine rings is 1. The van der Waals surface area contributed by atoms with E-state index in [1.54, 1.807) is 0 Å². The second-order valence-corrected chi connectivity index (χ2v) is 5.76. The van der Waals surface area contributed by atoms with Gasteiger partial charge in [0.25, 0.3) is 0 Å². The Bertz CT molecular complexity index is 273. The van der Waals surface area contributed by atoms with Gasteiger partial charge >= 0.3 is 0 Å². The summed E-state index contributed by atoms with van der Waals surface area (Å²) in [5.74, 6) is 0.647. The molecule has 0 radical (unpaired) electrons. The Morgan fingerprint density at radius 3 is 2.61 bits per heavy atom. The van der Waals surface area contributed by atoms with Crippen molar-refractivity contribution in [3.05, 3.63) is 0 Å². The van der Waals surface area contributed by atoms with Gasteiger partial charge in [0.1, 0.15) is 0 Å². The molecule has 0 bridgehead atoms. The molecule has 18 heavy (non-hydrogen) atoms. The lowest BCUT2D eigenvalue weighted by atomic mass is 9.82. The van der Waals surface area contributed by atoms with Gasteiger partial charge in [-0.2, -0.15) is 0 Å². The van der Waals surface area contributed by atoms with Gasteiger partial charge in [-0.1, -0.05) is 13.8 Å². The molecule has 1 N–H and O–H groups in total. The number of carbonyl (C=O) groups excluding carboxylic acids is 1. The largest absolute Gasteiger partial charge is 0.342 e. The fourth-order valence-corrected chi connectivity index (χ4v) is 3.27. The highest BCUT2D eigenvalue weighted by molar-refractivity contribution is 5.85. The minimum atomic E-state index is 0. The molecule has 0 saturated carbocycles. The van der Waals surface area contributed by atoms with Crippen LogP contribution in [0.2, 0.25) is 0 Å². The molecule has 2 heterocycles. The molecule has 4 heteroatoms. The van der Waals surface area contributed by atoms with Crippen LogP contribution in [-0.2, 0) is 4.79 Å². The molecule has 0 aliphatic carbocycles. The summed E-state index contributed by atoms with van der Waals surface area (Å²) < 4.78 is 0. The summed E-state index contributed by atoms with van der Waals surface area (Å²) in [6.45, 7) is 8.48. The standard InChI is InChI=1S/C14H26N2O.ClH/c1-3-14(4-2)7-9-16(11-14)13(17)12-6-5-8-15-10-12;/h12,15H,3-11H2,1-2H3;1H. The van der Waals surface area contributed by atoms with Crippen LogP contribution in [0, 0.1) is 11.3 Å². The molecule has 2 aliphatic heterocycles. The van der Waals surface area contributed by atoms with Crippen LogP contribution < -0.4 is 5.32 Å². The normalized spacial score (nSPS) is 26.8. The summed E-state index contributed by atoms with van der Waals surface area (Å²) >= 11 is 0. The highest BCUT2D eigenvalue weighted by Crippen LogP contribution is 2.37. The summed E-state index contributed by atoms with van der Waals surface area (Å²) in [5.41, 5.74) is 0.414.